The first-order chi connectivity index (χ1) is 14.1. The number of aryl methyl sites for hydroxylation is 1. The summed E-state index contributed by atoms with van der Waals surface area (Å²) in [6.45, 7) is 4.01. The summed E-state index contributed by atoms with van der Waals surface area (Å²) >= 11 is 1.43. The summed E-state index contributed by atoms with van der Waals surface area (Å²) in [7, 11) is 3.56. The highest BCUT2D eigenvalue weighted by atomic mass is 32.1. The molecule has 0 spiro atoms. The third-order valence-corrected chi connectivity index (χ3v) is 5.84. The molecule has 0 N–H and O–H groups in total. The van der Waals surface area contributed by atoms with Crippen LogP contribution >= 0.6 is 11.3 Å². The van der Waals surface area contributed by atoms with E-state index in [-0.39, 0.29) is 5.91 Å². The quantitative estimate of drug-likeness (QED) is 0.435. The van der Waals surface area contributed by atoms with Gasteiger partial charge in [0.15, 0.2) is 5.65 Å². The molecule has 0 radical (unpaired) electrons. The molecule has 1 amide bonds. The van der Waals surface area contributed by atoms with Gasteiger partial charge < -0.3 is 9.64 Å². The van der Waals surface area contributed by atoms with Gasteiger partial charge in [-0.3, -0.25) is 9.48 Å². The molecule has 4 rings (SSSR count). The predicted octanol–water partition coefficient (Wildman–Crippen LogP) is 3.74. The Morgan fingerprint density at radius 3 is 2.93 bits per heavy atom. The lowest BCUT2D eigenvalue weighted by atomic mass is 10.1. The van der Waals surface area contributed by atoms with E-state index in [1.807, 2.05) is 49.3 Å². The molecular formula is C21H23N5O2S. The van der Waals surface area contributed by atoms with Crippen LogP contribution in [0.5, 0.6) is 0 Å². The molecule has 29 heavy (non-hydrogen) atoms. The maximum Gasteiger partial charge on any atom is 0.264 e. The number of ether oxygens (including phenoxy) is 1. The van der Waals surface area contributed by atoms with Gasteiger partial charge in [-0.15, -0.1) is 11.3 Å². The van der Waals surface area contributed by atoms with E-state index in [0.717, 1.165) is 38.9 Å². The smallest absolute Gasteiger partial charge is 0.264 e. The standard InChI is InChI=1S/C21H23N5O2S/c1-4-26(8-5-9-28-3)21(27)18-11-14-6-7-17(23-20(14)29-18)15-10-16-13-25(2)24-19(16)22-12-15/h6-7,10-13H,4-5,8-9H2,1-3H3. The Balaban J connectivity index is 1.62. The topological polar surface area (TPSA) is 73.1 Å². The lowest BCUT2D eigenvalue weighted by molar-refractivity contribution is 0.0751. The minimum atomic E-state index is 0.0478. The predicted molar refractivity (Wildman–Crippen MR) is 115 cm³/mol. The Labute approximate surface area is 172 Å². The maximum atomic E-state index is 12.9. The number of hydrogen-bond acceptors (Lipinski definition) is 6. The number of aromatic nitrogens is 4. The van der Waals surface area contributed by atoms with Crippen molar-refractivity contribution in [3.63, 3.8) is 0 Å². The summed E-state index contributed by atoms with van der Waals surface area (Å²) < 4.78 is 6.85. The monoisotopic (exact) mass is 409 g/mol. The molecule has 0 bridgehead atoms. The second-order valence-corrected chi connectivity index (χ2v) is 7.90. The Kier molecular flexibility index (Phi) is 5.55. The molecular weight excluding hydrogens is 386 g/mol. The molecule has 4 aromatic rings. The van der Waals surface area contributed by atoms with Gasteiger partial charge in [-0.1, -0.05) is 0 Å². The van der Waals surface area contributed by atoms with Gasteiger partial charge in [-0.2, -0.15) is 5.10 Å². The fourth-order valence-corrected chi connectivity index (χ4v) is 4.31. The number of methoxy groups -OCH3 is 1. The number of fused-ring (bicyclic) bond motifs is 2. The molecule has 0 unspecified atom stereocenters. The van der Waals surface area contributed by atoms with Crippen LogP contribution in [0.2, 0.25) is 0 Å². The second-order valence-electron chi connectivity index (χ2n) is 6.87. The Bertz CT molecular complexity index is 1170. The number of thiophene rings is 1. The number of amides is 1. The van der Waals surface area contributed by atoms with Crippen molar-refractivity contribution in [1.29, 1.82) is 0 Å². The van der Waals surface area contributed by atoms with Crippen molar-refractivity contribution in [2.45, 2.75) is 13.3 Å². The van der Waals surface area contributed by atoms with E-state index >= 15 is 0 Å². The van der Waals surface area contributed by atoms with Gasteiger partial charge >= 0.3 is 0 Å². The molecule has 4 aromatic heterocycles. The van der Waals surface area contributed by atoms with Crippen LogP contribution in [0.3, 0.4) is 0 Å². The van der Waals surface area contributed by atoms with Crippen LogP contribution in [-0.2, 0) is 11.8 Å². The largest absolute Gasteiger partial charge is 0.385 e. The van der Waals surface area contributed by atoms with Crippen LogP contribution in [-0.4, -0.2) is 57.4 Å². The fourth-order valence-electron chi connectivity index (χ4n) is 3.32. The first kappa shape index (κ1) is 19.5. The zero-order valence-corrected chi connectivity index (χ0v) is 17.6. The summed E-state index contributed by atoms with van der Waals surface area (Å²) in [6.07, 6.45) is 4.56. The SMILES string of the molecule is CCN(CCCOC)C(=O)c1cc2ccc(-c3cnc4nn(C)cc4c3)nc2s1. The third-order valence-electron chi connectivity index (χ3n) is 4.81. The zero-order valence-electron chi connectivity index (χ0n) is 16.8. The van der Waals surface area contributed by atoms with E-state index in [1.165, 1.54) is 11.3 Å². The van der Waals surface area contributed by atoms with Gasteiger partial charge in [0, 0.05) is 62.6 Å². The van der Waals surface area contributed by atoms with Crippen LogP contribution in [0.25, 0.3) is 32.5 Å². The molecule has 0 atom stereocenters. The lowest BCUT2D eigenvalue weighted by Crippen LogP contribution is -2.31. The minimum Gasteiger partial charge on any atom is -0.385 e. The highest BCUT2D eigenvalue weighted by Gasteiger charge is 2.17. The van der Waals surface area contributed by atoms with Crippen molar-refractivity contribution in [2.75, 3.05) is 26.8 Å². The van der Waals surface area contributed by atoms with Crippen LogP contribution < -0.4 is 0 Å². The first-order valence-corrected chi connectivity index (χ1v) is 10.4. The lowest BCUT2D eigenvalue weighted by Gasteiger charge is -2.19. The number of pyridine rings is 2. The van der Waals surface area contributed by atoms with Crippen molar-refractivity contribution >= 4 is 38.5 Å². The average molecular weight is 410 g/mol. The van der Waals surface area contributed by atoms with Crippen molar-refractivity contribution in [3.05, 3.63) is 41.5 Å². The van der Waals surface area contributed by atoms with Gasteiger partial charge in [0.25, 0.3) is 5.91 Å². The van der Waals surface area contributed by atoms with Gasteiger partial charge in [0.2, 0.25) is 0 Å². The normalized spacial score (nSPS) is 11.4. The van der Waals surface area contributed by atoms with Crippen LogP contribution in [0.4, 0.5) is 0 Å². The number of rotatable bonds is 7. The van der Waals surface area contributed by atoms with Gasteiger partial charge in [-0.25, -0.2) is 9.97 Å². The Hall–Kier alpha value is -2.84. The van der Waals surface area contributed by atoms with E-state index in [2.05, 4.69) is 10.1 Å². The Morgan fingerprint density at radius 1 is 1.28 bits per heavy atom. The average Bonchev–Trinajstić information content (AvgIpc) is 3.31. The third kappa shape index (κ3) is 3.99. The van der Waals surface area contributed by atoms with Crippen molar-refractivity contribution < 1.29 is 9.53 Å². The molecule has 4 heterocycles. The van der Waals surface area contributed by atoms with Crippen molar-refractivity contribution in [2.24, 2.45) is 7.05 Å². The summed E-state index contributed by atoms with van der Waals surface area (Å²) in [5, 5.41) is 6.26. The molecule has 0 aliphatic heterocycles. The van der Waals surface area contributed by atoms with Crippen LogP contribution in [0.15, 0.2) is 36.7 Å². The summed E-state index contributed by atoms with van der Waals surface area (Å²) in [5.74, 6) is 0.0478. The maximum absolute atomic E-state index is 12.9. The van der Waals surface area contributed by atoms with Crippen LogP contribution in [0, 0.1) is 0 Å². The van der Waals surface area contributed by atoms with E-state index in [1.54, 1.807) is 18.0 Å². The van der Waals surface area contributed by atoms with E-state index in [4.69, 9.17) is 9.72 Å². The molecule has 0 aliphatic carbocycles. The minimum absolute atomic E-state index is 0.0478. The number of carbonyl (C=O) groups is 1. The zero-order chi connectivity index (χ0) is 20.4. The molecule has 7 nitrogen and oxygen atoms in total. The fraction of sp³-hybridized carbons (Fsp3) is 0.333. The van der Waals surface area contributed by atoms with Gasteiger partial charge in [-0.05, 0) is 37.6 Å². The molecule has 0 aliphatic rings. The van der Waals surface area contributed by atoms with Crippen molar-refractivity contribution in [3.8, 4) is 11.3 Å². The van der Waals surface area contributed by atoms with Gasteiger partial charge in [0.1, 0.15) is 4.83 Å². The number of carbonyl (C=O) groups excluding carboxylic acids is 1. The van der Waals surface area contributed by atoms with Crippen LogP contribution in [0.1, 0.15) is 23.0 Å². The molecule has 0 saturated carbocycles. The number of nitrogens with zero attached hydrogens (tertiary/aromatic N) is 5. The first-order valence-electron chi connectivity index (χ1n) is 9.57. The molecule has 0 fully saturated rings. The second kappa shape index (κ2) is 8.26. The summed E-state index contributed by atoms with van der Waals surface area (Å²) in [4.78, 5) is 25.5. The molecule has 150 valence electrons. The number of hydrogen-bond donors (Lipinski definition) is 0. The van der Waals surface area contributed by atoms with E-state index in [0.29, 0.717) is 24.6 Å². The highest BCUT2D eigenvalue weighted by molar-refractivity contribution is 7.20. The summed E-state index contributed by atoms with van der Waals surface area (Å²) in [5.41, 5.74) is 2.49. The molecule has 8 heteroatoms. The highest BCUT2D eigenvalue weighted by Crippen LogP contribution is 2.29. The van der Waals surface area contributed by atoms with Crippen molar-refractivity contribution in [1.82, 2.24) is 24.6 Å². The van der Waals surface area contributed by atoms with Gasteiger partial charge in [0.05, 0.1) is 10.6 Å². The summed E-state index contributed by atoms with van der Waals surface area (Å²) in [6, 6.07) is 7.96. The Morgan fingerprint density at radius 2 is 2.14 bits per heavy atom. The van der Waals surface area contributed by atoms with E-state index in [9.17, 15) is 4.79 Å². The molecule has 0 saturated heterocycles. The molecule has 0 aromatic carbocycles. The van der Waals surface area contributed by atoms with E-state index < -0.39 is 0 Å².